The first-order chi connectivity index (χ1) is 27.1. The van der Waals surface area contributed by atoms with Gasteiger partial charge in [-0.05, 0) is 120 Å². The molecule has 0 radical (unpaired) electrons. The van der Waals surface area contributed by atoms with Crippen LogP contribution >= 0.6 is 23.2 Å². The number of nitrogens with one attached hydrogen (secondary N) is 2. The molecule has 308 valence electrons. The predicted octanol–water partition coefficient (Wildman–Crippen LogP) is 8.51. The first-order valence-electron chi connectivity index (χ1n) is 19.2. The topological polar surface area (TPSA) is 148 Å². The van der Waals surface area contributed by atoms with E-state index in [0.717, 1.165) is 38.1 Å². The molecule has 0 unspecified atom stereocenters. The number of aromatic nitrogens is 1. The van der Waals surface area contributed by atoms with Crippen molar-refractivity contribution in [1.82, 2.24) is 10.6 Å². The molecule has 2 N–H and O–H groups in total. The lowest BCUT2D eigenvalue weighted by Crippen LogP contribution is -2.45. The molecule has 1 aromatic heterocycles. The van der Waals surface area contributed by atoms with Gasteiger partial charge in [0.2, 0.25) is 0 Å². The number of ether oxygens (including phenoxy) is 5. The molecule has 0 aliphatic heterocycles. The number of alkyl halides is 2. The third-order valence-electron chi connectivity index (χ3n) is 9.84. The highest BCUT2D eigenvalue weighted by molar-refractivity contribution is 6.35. The molecule has 57 heavy (non-hydrogen) atoms. The van der Waals surface area contributed by atoms with Crippen molar-refractivity contribution in [2.45, 2.75) is 109 Å². The summed E-state index contributed by atoms with van der Waals surface area (Å²) in [7, 11) is 0. The van der Waals surface area contributed by atoms with Crippen molar-refractivity contribution in [3.8, 4) is 17.2 Å². The molecule has 3 aliphatic rings. The van der Waals surface area contributed by atoms with Crippen molar-refractivity contribution in [2.75, 3.05) is 13.2 Å². The number of carbonyl (C=O) groups is 3. The van der Waals surface area contributed by atoms with Gasteiger partial charge in [-0.25, -0.2) is 9.59 Å². The minimum absolute atomic E-state index is 0.0281. The molecule has 0 saturated heterocycles. The monoisotopic (exact) mass is 833 g/mol. The molecule has 1 heterocycles. The van der Waals surface area contributed by atoms with Gasteiger partial charge in [0.25, 0.3) is 5.91 Å². The zero-order valence-corrected chi connectivity index (χ0v) is 33.5. The Morgan fingerprint density at radius 1 is 0.825 bits per heavy atom. The fourth-order valence-corrected chi connectivity index (χ4v) is 7.03. The molecule has 6 rings (SSSR count). The smallest absolute Gasteiger partial charge is 0.407 e. The minimum Gasteiger partial charge on any atom is -0.619 e. The van der Waals surface area contributed by atoms with Gasteiger partial charge in [0.1, 0.15) is 27.5 Å². The molecule has 0 spiro atoms. The number of carbonyl (C=O) groups excluding carboxylic acids is 3. The second kappa shape index (κ2) is 18.4. The number of rotatable bonds is 16. The Hall–Kier alpha value is -4.56. The lowest BCUT2D eigenvalue weighted by Gasteiger charge is -2.30. The zero-order chi connectivity index (χ0) is 40.9. The fraction of sp³-hybridized carbons (Fsp3) is 0.512. The van der Waals surface area contributed by atoms with Gasteiger partial charge in [0.05, 0.1) is 24.3 Å². The van der Waals surface area contributed by atoms with Crippen LogP contribution in [0.1, 0.15) is 110 Å². The molecule has 1 atom stereocenters. The molecule has 2 aromatic carbocycles. The van der Waals surface area contributed by atoms with Crippen LogP contribution in [0.15, 0.2) is 48.8 Å². The summed E-state index contributed by atoms with van der Waals surface area (Å²) >= 11 is 12.9. The van der Waals surface area contributed by atoms with E-state index >= 15 is 0 Å². The van der Waals surface area contributed by atoms with Gasteiger partial charge in [0, 0.05) is 24.1 Å². The van der Waals surface area contributed by atoms with Crippen LogP contribution in [-0.2, 0) is 15.9 Å². The van der Waals surface area contributed by atoms with E-state index in [1.807, 2.05) is 0 Å². The maximum absolute atomic E-state index is 14.0. The van der Waals surface area contributed by atoms with Gasteiger partial charge >= 0.3 is 18.7 Å². The van der Waals surface area contributed by atoms with Crippen LogP contribution in [0.2, 0.25) is 10.0 Å². The van der Waals surface area contributed by atoms with E-state index in [9.17, 15) is 28.4 Å². The Labute approximate surface area is 340 Å². The maximum atomic E-state index is 14.0. The van der Waals surface area contributed by atoms with E-state index < -0.39 is 30.4 Å². The Morgan fingerprint density at radius 3 is 2.00 bits per heavy atom. The summed E-state index contributed by atoms with van der Waals surface area (Å²) in [6.45, 7) is 2.97. The van der Waals surface area contributed by atoms with E-state index in [4.69, 9.17) is 46.9 Å². The fourth-order valence-electron chi connectivity index (χ4n) is 6.43. The zero-order valence-electron chi connectivity index (χ0n) is 32.0. The number of benzene rings is 2. The summed E-state index contributed by atoms with van der Waals surface area (Å²) in [5.74, 6) is -0.432. The molecule has 16 heteroatoms. The maximum Gasteiger partial charge on any atom is 0.407 e. The van der Waals surface area contributed by atoms with Gasteiger partial charge in [-0.3, -0.25) is 4.79 Å². The van der Waals surface area contributed by atoms with Crippen LogP contribution in [0.4, 0.5) is 13.6 Å². The average Bonchev–Trinajstić information content (AvgIpc) is 4.07. The number of esters is 1. The highest BCUT2D eigenvalue weighted by Crippen LogP contribution is 2.38. The number of hydrogen-bond acceptors (Lipinski definition) is 9. The number of alkyl carbamates (subject to hydrolysis) is 1. The van der Waals surface area contributed by atoms with Gasteiger partial charge < -0.3 is 39.5 Å². The molecule has 0 bridgehead atoms. The van der Waals surface area contributed by atoms with Crippen LogP contribution in [0.3, 0.4) is 0 Å². The normalized spacial score (nSPS) is 18.7. The van der Waals surface area contributed by atoms with Crippen LogP contribution in [0, 0.1) is 17.0 Å². The summed E-state index contributed by atoms with van der Waals surface area (Å²) in [6.07, 6.45) is 7.08. The lowest BCUT2D eigenvalue weighted by molar-refractivity contribution is -0.605. The third-order valence-corrected chi connectivity index (χ3v) is 10.5. The molecule has 12 nitrogen and oxygen atoms in total. The van der Waals surface area contributed by atoms with Crippen LogP contribution in [-0.4, -0.2) is 55.5 Å². The summed E-state index contributed by atoms with van der Waals surface area (Å²) in [4.78, 5) is 39.9. The van der Waals surface area contributed by atoms with E-state index in [0.29, 0.717) is 66.6 Å². The SMILES string of the molecule is CC(C)(C)OC(=O)NC1CCC(NC(=O)c2ccc(C(=O)O[C@@H](Cc3c(Cl)c[n+]([O-])cc3Cl)c3ccc(OC(F)F)c(OCC4CC4)c3)cc2OCC2CC2)CC1. The summed E-state index contributed by atoms with van der Waals surface area (Å²) in [6, 6.07) is 8.48. The average molecular weight is 835 g/mol. The van der Waals surface area contributed by atoms with Crippen molar-refractivity contribution >= 4 is 41.2 Å². The highest BCUT2D eigenvalue weighted by Gasteiger charge is 2.30. The Bertz CT molecular complexity index is 1910. The lowest BCUT2D eigenvalue weighted by atomic mass is 9.91. The summed E-state index contributed by atoms with van der Waals surface area (Å²) in [5, 5.41) is 18.0. The number of halogens is 4. The van der Waals surface area contributed by atoms with Gasteiger partial charge in [-0.2, -0.15) is 13.5 Å². The number of pyridine rings is 1. The van der Waals surface area contributed by atoms with E-state index in [1.54, 1.807) is 20.8 Å². The molecule has 2 amide bonds. The van der Waals surface area contributed by atoms with Crippen molar-refractivity contribution in [3.63, 3.8) is 0 Å². The molecule has 3 saturated carbocycles. The van der Waals surface area contributed by atoms with E-state index in [1.165, 1.54) is 36.4 Å². The Morgan fingerprint density at radius 2 is 1.42 bits per heavy atom. The third kappa shape index (κ3) is 12.5. The second-order valence-corrected chi connectivity index (χ2v) is 16.7. The largest absolute Gasteiger partial charge is 0.619 e. The Kier molecular flexibility index (Phi) is 13.5. The molecule has 3 aromatic rings. The summed E-state index contributed by atoms with van der Waals surface area (Å²) < 4.78 is 55.2. The van der Waals surface area contributed by atoms with Crippen LogP contribution in [0.5, 0.6) is 17.2 Å². The number of amides is 2. The van der Waals surface area contributed by atoms with Gasteiger partial charge in [0.15, 0.2) is 23.9 Å². The molecular weight excluding hydrogens is 787 g/mol. The van der Waals surface area contributed by atoms with Gasteiger partial charge in [-0.1, -0.05) is 29.3 Å². The van der Waals surface area contributed by atoms with Crippen molar-refractivity contribution in [3.05, 3.63) is 86.3 Å². The standard InChI is InChI=1S/C41H47Cl2F2N3O9/c1-41(2,3)57-40(51)47-28-12-10-27(11-13-28)46-37(49)29-14-8-26(17-35(29)53-21-23-4-5-23)38(50)55-34(18-30-31(42)19-48(52)20-32(30)43)25-9-15-33(56-39(44)45)36(16-25)54-22-24-6-7-24/h8-9,14-17,19-20,23-24,27-28,34,39H,4-7,10-13,18,21-22H2,1-3H3,(H,46,49)(H,47,51)/t27?,28?,34-/m0/s1. The molecule has 3 aliphatic carbocycles. The van der Waals surface area contributed by atoms with Crippen LogP contribution in [0.25, 0.3) is 0 Å². The van der Waals surface area contributed by atoms with E-state index in [2.05, 4.69) is 10.6 Å². The van der Waals surface area contributed by atoms with Crippen molar-refractivity contribution < 1.29 is 51.6 Å². The second-order valence-electron chi connectivity index (χ2n) is 15.9. The molecule has 3 fully saturated rings. The highest BCUT2D eigenvalue weighted by atomic mass is 35.5. The Balaban J connectivity index is 1.20. The quantitative estimate of drug-likeness (QED) is 0.0823. The first kappa shape index (κ1) is 42.1. The molecular formula is C41H47Cl2F2N3O9. The van der Waals surface area contributed by atoms with Crippen LogP contribution < -0.4 is 29.6 Å². The first-order valence-corrected chi connectivity index (χ1v) is 19.9. The van der Waals surface area contributed by atoms with E-state index in [-0.39, 0.29) is 62.8 Å². The minimum atomic E-state index is -3.10. The van der Waals surface area contributed by atoms with Crippen molar-refractivity contribution in [1.29, 1.82) is 0 Å². The summed E-state index contributed by atoms with van der Waals surface area (Å²) in [5.41, 5.74) is 0.401. The number of hydrogen-bond donors (Lipinski definition) is 2. The number of nitrogens with zero attached hydrogens (tertiary/aromatic N) is 1. The predicted molar refractivity (Wildman–Crippen MR) is 206 cm³/mol. The van der Waals surface area contributed by atoms with Gasteiger partial charge in [-0.15, -0.1) is 0 Å². The van der Waals surface area contributed by atoms with Crippen molar-refractivity contribution in [2.24, 2.45) is 11.8 Å².